The number of rotatable bonds is 42. The first kappa shape index (κ1) is 47.5. The second-order valence-corrected chi connectivity index (χ2v) is 15.9. The minimum atomic E-state index is 0.0611. The Morgan fingerprint density at radius 3 is 0.833 bits per heavy atom. The highest BCUT2D eigenvalue weighted by Gasteiger charge is 2.12. The molecule has 0 rings (SSSR count). The van der Waals surface area contributed by atoms with E-state index in [1.165, 1.54) is 244 Å². The number of ether oxygens (including phenoxy) is 1. The van der Waals surface area contributed by atoms with Gasteiger partial charge in [-0.05, 0) is 25.2 Å². The Labute approximate surface area is 304 Å². The summed E-state index contributed by atoms with van der Waals surface area (Å²) in [6, 6.07) is 0. The molecule has 2 nitrogen and oxygen atoms in total. The second-order valence-electron chi connectivity index (χ2n) is 15.9. The zero-order chi connectivity index (χ0) is 34.9. The van der Waals surface area contributed by atoms with Gasteiger partial charge in [-0.2, -0.15) is 0 Å². The molecule has 0 spiro atoms. The fraction of sp³-hybridized carbons (Fsp3) is 0.978. The fourth-order valence-corrected chi connectivity index (χ4v) is 7.43. The van der Waals surface area contributed by atoms with Crippen molar-refractivity contribution in [2.45, 2.75) is 278 Å². The minimum Gasteiger partial charge on any atom is -0.465 e. The molecule has 0 N–H and O–H groups in total. The van der Waals surface area contributed by atoms with Gasteiger partial charge >= 0.3 is 5.97 Å². The number of esters is 1. The molecule has 2 heteroatoms. The highest BCUT2D eigenvalue weighted by molar-refractivity contribution is 5.69. The summed E-state index contributed by atoms with van der Waals surface area (Å²) in [6.45, 7) is 7.57. The van der Waals surface area contributed by atoms with Gasteiger partial charge in [-0.15, -0.1) is 0 Å². The Bertz CT molecular complexity index is 587. The van der Waals surface area contributed by atoms with Crippen LogP contribution in [-0.2, 0) is 9.53 Å². The molecule has 288 valence electrons. The largest absolute Gasteiger partial charge is 0.465 e. The Balaban J connectivity index is 3.82. The van der Waals surface area contributed by atoms with Gasteiger partial charge in [-0.3, -0.25) is 4.79 Å². The summed E-state index contributed by atoms with van der Waals surface area (Å²) in [4.78, 5) is 12.6. The highest BCUT2D eigenvalue weighted by Crippen LogP contribution is 2.21. The van der Waals surface area contributed by atoms with Crippen LogP contribution in [0.2, 0.25) is 0 Å². The zero-order valence-corrected chi connectivity index (χ0v) is 33.9. The molecule has 0 aromatic heterocycles. The van der Waals surface area contributed by atoms with E-state index in [4.69, 9.17) is 4.74 Å². The van der Waals surface area contributed by atoms with Crippen LogP contribution in [-0.4, -0.2) is 12.6 Å². The third-order valence-electron chi connectivity index (χ3n) is 10.9. The highest BCUT2D eigenvalue weighted by atomic mass is 16.5. The van der Waals surface area contributed by atoms with Gasteiger partial charge in [-0.25, -0.2) is 0 Å². The van der Waals surface area contributed by atoms with E-state index >= 15 is 0 Å². The van der Waals surface area contributed by atoms with E-state index in [0.29, 0.717) is 18.9 Å². The number of hydrogen-bond acceptors (Lipinski definition) is 2. The first-order valence-corrected chi connectivity index (χ1v) is 22.9. The molecule has 0 aliphatic heterocycles. The predicted octanol–water partition coefficient (Wildman–Crippen LogP) is 16.8. The maximum Gasteiger partial charge on any atom is 0.305 e. The quantitative estimate of drug-likeness (QED) is 0.0475. The van der Waals surface area contributed by atoms with Crippen LogP contribution in [0.15, 0.2) is 0 Å². The maximum absolute atomic E-state index is 12.6. The van der Waals surface area contributed by atoms with Gasteiger partial charge < -0.3 is 4.74 Å². The third kappa shape index (κ3) is 39.9. The molecule has 0 saturated heterocycles. The van der Waals surface area contributed by atoms with Gasteiger partial charge in [-0.1, -0.05) is 252 Å². The molecule has 0 amide bonds. The van der Waals surface area contributed by atoms with E-state index in [9.17, 15) is 4.79 Å². The van der Waals surface area contributed by atoms with Crippen LogP contribution < -0.4 is 0 Å². The summed E-state index contributed by atoms with van der Waals surface area (Å²) in [5.41, 5.74) is 0. The van der Waals surface area contributed by atoms with Crippen molar-refractivity contribution in [3.8, 4) is 0 Å². The van der Waals surface area contributed by atoms with Gasteiger partial charge in [0.05, 0.1) is 6.61 Å². The summed E-state index contributed by atoms with van der Waals surface area (Å²) < 4.78 is 5.87. The van der Waals surface area contributed by atoms with Gasteiger partial charge in [0.1, 0.15) is 0 Å². The first-order chi connectivity index (χ1) is 23.7. The Morgan fingerprint density at radius 1 is 0.333 bits per heavy atom. The van der Waals surface area contributed by atoms with E-state index in [-0.39, 0.29) is 5.97 Å². The second kappa shape index (κ2) is 42.6. The normalized spacial score (nSPS) is 12.1. The molecule has 0 aromatic carbocycles. The molecular weight excluding hydrogens is 585 g/mol. The summed E-state index contributed by atoms with van der Waals surface area (Å²) in [7, 11) is 0. The minimum absolute atomic E-state index is 0.0611. The SMILES string of the molecule is CCCCCCCCCCCCCCCCCCCCCC(=O)OCC(CCCCCCCCCC)CCCCCCCCCCCC. The van der Waals surface area contributed by atoms with Crippen LogP contribution in [0.25, 0.3) is 0 Å². The average Bonchev–Trinajstić information content (AvgIpc) is 3.09. The third-order valence-corrected chi connectivity index (χ3v) is 10.9. The van der Waals surface area contributed by atoms with Crippen LogP contribution in [0.4, 0.5) is 0 Å². The number of unbranched alkanes of at least 4 members (excludes halogenated alkanes) is 34. The lowest BCUT2D eigenvalue weighted by Crippen LogP contribution is -2.14. The van der Waals surface area contributed by atoms with Crippen LogP contribution in [0, 0.1) is 5.92 Å². The number of hydrogen-bond donors (Lipinski definition) is 0. The predicted molar refractivity (Wildman–Crippen MR) is 216 cm³/mol. The van der Waals surface area contributed by atoms with Gasteiger partial charge in [0.15, 0.2) is 0 Å². The van der Waals surface area contributed by atoms with Gasteiger partial charge in [0, 0.05) is 6.42 Å². The summed E-state index contributed by atoms with van der Waals surface area (Å²) in [5.74, 6) is 0.638. The van der Waals surface area contributed by atoms with Crippen molar-refractivity contribution in [3.05, 3.63) is 0 Å². The molecule has 0 radical (unpaired) electrons. The number of carbonyl (C=O) groups excluding carboxylic acids is 1. The smallest absolute Gasteiger partial charge is 0.305 e. The van der Waals surface area contributed by atoms with Crippen LogP contribution in [0.5, 0.6) is 0 Å². The van der Waals surface area contributed by atoms with Crippen LogP contribution >= 0.6 is 0 Å². The Morgan fingerprint density at radius 2 is 0.562 bits per heavy atom. The van der Waals surface area contributed by atoms with Crippen molar-refractivity contribution < 1.29 is 9.53 Å². The van der Waals surface area contributed by atoms with E-state index < -0.39 is 0 Å². The fourth-order valence-electron chi connectivity index (χ4n) is 7.43. The topological polar surface area (TPSA) is 26.3 Å². The van der Waals surface area contributed by atoms with Gasteiger partial charge in [0.2, 0.25) is 0 Å². The van der Waals surface area contributed by atoms with Crippen molar-refractivity contribution in [2.24, 2.45) is 5.92 Å². The molecule has 0 aromatic rings. The van der Waals surface area contributed by atoms with Crippen LogP contribution in [0.1, 0.15) is 278 Å². The van der Waals surface area contributed by atoms with Crippen molar-refractivity contribution in [1.29, 1.82) is 0 Å². The summed E-state index contributed by atoms with van der Waals surface area (Å²) in [6.07, 6.45) is 54.4. The molecule has 0 aliphatic carbocycles. The lowest BCUT2D eigenvalue weighted by Gasteiger charge is -2.17. The standard InChI is InChI=1S/C46H92O2/c1-4-7-10-13-16-19-21-22-23-24-25-26-27-28-29-31-34-37-40-43-46(47)48-44-45(41-38-35-32-18-15-12-9-6-3)42-39-36-33-30-20-17-14-11-8-5-2/h45H,4-44H2,1-3H3. The van der Waals surface area contributed by atoms with E-state index in [1.807, 2.05) is 0 Å². The molecule has 0 bridgehead atoms. The molecular formula is C46H92O2. The van der Waals surface area contributed by atoms with Crippen molar-refractivity contribution in [3.63, 3.8) is 0 Å². The Hall–Kier alpha value is -0.530. The lowest BCUT2D eigenvalue weighted by atomic mass is 9.94. The molecule has 0 heterocycles. The van der Waals surface area contributed by atoms with Crippen molar-refractivity contribution in [1.82, 2.24) is 0 Å². The zero-order valence-electron chi connectivity index (χ0n) is 33.9. The molecule has 1 atom stereocenters. The van der Waals surface area contributed by atoms with E-state index in [1.54, 1.807) is 0 Å². The summed E-state index contributed by atoms with van der Waals surface area (Å²) in [5, 5.41) is 0. The molecule has 0 aliphatic rings. The van der Waals surface area contributed by atoms with E-state index in [2.05, 4.69) is 20.8 Å². The first-order valence-electron chi connectivity index (χ1n) is 22.9. The monoisotopic (exact) mass is 677 g/mol. The maximum atomic E-state index is 12.6. The van der Waals surface area contributed by atoms with Gasteiger partial charge in [0.25, 0.3) is 0 Å². The van der Waals surface area contributed by atoms with E-state index in [0.717, 1.165) is 6.42 Å². The Kier molecular flexibility index (Phi) is 42.2. The average molecular weight is 677 g/mol. The molecule has 0 fully saturated rings. The van der Waals surface area contributed by atoms with Crippen molar-refractivity contribution >= 4 is 5.97 Å². The molecule has 48 heavy (non-hydrogen) atoms. The molecule has 0 saturated carbocycles. The number of carbonyl (C=O) groups is 1. The van der Waals surface area contributed by atoms with Crippen LogP contribution in [0.3, 0.4) is 0 Å². The molecule has 1 unspecified atom stereocenters. The summed E-state index contributed by atoms with van der Waals surface area (Å²) >= 11 is 0. The lowest BCUT2D eigenvalue weighted by molar-refractivity contribution is -0.145. The van der Waals surface area contributed by atoms with Crippen molar-refractivity contribution in [2.75, 3.05) is 6.61 Å².